The molecular formula is C37H58N8O. The number of nitrogens with one attached hydrogen (secondary N) is 3. The number of likely N-dealkylation sites (N-methyl/N-ethyl adjacent to an activating group) is 2. The standard InChI is InChI=1S/C30H40N6O.C6H13N.CH5N/c1-7-27-29(32-25-14-10-9-11-15-25)35-30(28(8-2)34-27)33-26-18-21(3)17-24(19-26)13-12-16-31-22(4)23(5)36(6)20-37;1-4-5-6-7(2)3;1-2/h8,17-20,23,25,31H,2,4,7,9-11,14-16H2,1,3,5-6H3,(H2,32,33,35);4-5H,6H2,1-3H3;2H2,1H3/b;5-4+;/t23-;;/m0../s1. The van der Waals surface area contributed by atoms with Gasteiger partial charge in [-0.3, -0.25) is 4.79 Å². The fourth-order valence-electron chi connectivity index (χ4n) is 4.69. The summed E-state index contributed by atoms with van der Waals surface area (Å²) in [5.41, 5.74) is 9.83. The summed E-state index contributed by atoms with van der Waals surface area (Å²) in [5.74, 6) is 7.90. The van der Waals surface area contributed by atoms with Crippen molar-refractivity contribution in [1.29, 1.82) is 0 Å². The lowest BCUT2D eigenvalue weighted by atomic mass is 9.95. The molecule has 0 radical (unpaired) electrons. The Hall–Kier alpha value is -4.13. The second-order valence-electron chi connectivity index (χ2n) is 11.5. The number of nitrogens with zero attached hydrogens (tertiary/aromatic N) is 4. The Labute approximate surface area is 278 Å². The highest BCUT2D eigenvalue weighted by molar-refractivity contribution is 5.69. The molecule has 0 aliphatic heterocycles. The van der Waals surface area contributed by atoms with E-state index in [4.69, 9.17) is 9.97 Å². The molecule has 3 rings (SSSR count). The molecule has 0 spiro atoms. The van der Waals surface area contributed by atoms with Crippen molar-refractivity contribution in [3.05, 3.63) is 71.7 Å². The third-order valence-electron chi connectivity index (χ3n) is 7.43. The van der Waals surface area contributed by atoms with Gasteiger partial charge in [-0.05, 0) is 91.0 Å². The van der Waals surface area contributed by atoms with Gasteiger partial charge in [-0.25, -0.2) is 9.97 Å². The maximum atomic E-state index is 10.9. The Bertz CT molecular complexity index is 1320. The topological polar surface area (TPSA) is 111 Å². The number of rotatable bonds is 13. The average molecular weight is 631 g/mol. The van der Waals surface area contributed by atoms with Gasteiger partial charge in [0.2, 0.25) is 6.41 Å². The number of carbonyl (C=O) groups is 1. The summed E-state index contributed by atoms with van der Waals surface area (Å²) in [6.07, 6.45) is 13.7. The fraction of sp³-hybridized carbons (Fsp3) is 0.486. The molecule has 5 N–H and O–H groups in total. The van der Waals surface area contributed by atoms with E-state index in [1.807, 2.05) is 32.9 Å². The number of aryl methyl sites for hydroxylation is 2. The number of carbonyl (C=O) groups excluding carboxylic acids is 1. The zero-order chi connectivity index (χ0) is 34.5. The molecule has 1 aliphatic carbocycles. The first-order valence-electron chi connectivity index (χ1n) is 16.2. The molecular weight excluding hydrogens is 572 g/mol. The van der Waals surface area contributed by atoms with Gasteiger partial charge in [0.05, 0.1) is 18.3 Å². The van der Waals surface area contributed by atoms with Crippen molar-refractivity contribution in [2.45, 2.75) is 78.3 Å². The van der Waals surface area contributed by atoms with Crippen LogP contribution in [0.3, 0.4) is 0 Å². The van der Waals surface area contributed by atoms with Crippen LogP contribution in [0.5, 0.6) is 0 Å². The van der Waals surface area contributed by atoms with Crippen LogP contribution in [-0.4, -0.2) is 79.5 Å². The van der Waals surface area contributed by atoms with Crippen molar-refractivity contribution in [2.75, 3.05) is 51.9 Å². The largest absolute Gasteiger partial charge is 0.376 e. The summed E-state index contributed by atoms with van der Waals surface area (Å²) in [4.78, 5) is 24.4. The Balaban J connectivity index is 0.00000104. The third-order valence-corrected chi connectivity index (χ3v) is 7.43. The SMILES string of the molecule is C/C=C/CN(C)C.C=Cc1nc(CC)c(NC2CCCCC2)nc1Nc1cc(C)cc(C#CCNC(=C)[C@H](C)N(C)C=O)c1.CN. The molecule has 1 saturated carbocycles. The number of anilines is 3. The van der Waals surface area contributed by atoms with Crippen molar-refractivity contribution in [2.24, 2.45) is 5.73 Å². The van der Waals surface area contributed by atoms with Crippen molar-refractivity contribution in [3.63, 3.8) is 0 Å². The van der Waals surface area contributed by atoms with Crippen molar-refractivity contribution < 1.29 is 4.79 Å². The number of hydrogen-bond donors (Lipinski definition) is 4. The summed E-state index contributed by atoms with van der Waals surface area (Å²) in [6, 6.07) is 6.47. The van der Waals surface area contributed by atoms with E-state index in [2.05, 4.69) is 90.8 Å². The van der Waals surface area contributed by atoms with Gasteiger partial charge in [-0.1, -0.05) is 63.3 Å². The second-order valence-corrected chi connectivity index (χ2v) is 11.5. The second kappa shape index (κ2) is 22.4. The first kappa shape index (κ1) is 39.9. The van der Waals surface area contributed by atoms with Crippen LogP contribution in [0.1, 0.15) is 75.4 Å². The molecule has 1 aromatic heterocycles. The third kappa shape index (κ3) is 14.3. The Morgan fingerprint density at radius 2 is 1.83 bits per heavy atom. The molecule has 46 heavy (non-hydrogen) atoms. The van der Waals surface area contributed by atoms with E-state index >= 15 is 0 Å². The summed E-state index contributed by atoms with van der Waals surface area (Å²) in [6.45, 7) is 17.5. The van der Waals surface area contributed by atoms with E-state index in [1.54, 1.807) is 18.0 Å². The molecule has 0 bridgehead atoms. The number of benzene rings is 1. The molecule has 9 nitrogen and oxygen atoms in total. The number of nitrogens with two attached hydrogens (primary N) is 1. The average Bonchev–Trinajstić information content (AvgIpc) is 3.06. The van der Waals surface area contributed by atoms with Crippen molar-refractivity contribution in [3.8, 4) is 11.8 Å². The van der Waals surface area contributed by atoms with Gasteiger partial charge in [0.15, 0.2) is 5.82 Å². The maximum absolute atomic E-state index is 10.9. The van der Waals surface area contributed by atoms with Crippen LogP contribution in [0, 0.1) is 18.8 Å². The Kier molecular flexibility index (Phi) is 19.4. The molecule has 0 saturated heterocycles. The summed E-state index contributed by atoms with van der Waals surface area (Å²) >= 11 is 0. The lowest BCUT2D eigenvalue weighted by molar-refractivity contribution is -0.118. The normalized spacial score (nSPS) is 13.2. The molecule has 1 atom stereocenters. The van der Waals surface area contributed by atoms with E-state index in [1.165, 1.54) is 39.2 Å². The lowest BCUT2D eigenvalue weighted by Gasteiger charge is -2.25. The van der Waals surface area contributed by atoms with Crippen LogP contribution in [0.25, 0.3) is 6.08 Å². The highest BCUT2D eigenvalue weighted by atomic mass is 16.1. The fourth-order valence-corrected chi connectivity index (χ4v) is 4.69. The predicted octanol–water partition coefficient (Wildman–Crippen LogP) is 6.11. The van der Waals surface area contributed by atoms with Gasteiger partial charge in [-0.15, -0.1) is 0 Å². The molecule has 1 heterocycles. The first-order chi connectivity index (χ1) is 22.1. The summed E-state index contributed by atoms with van der Waals surface area (Å²) in [7, 11) is 7.34. The van der Waals surface area contributed by atoms with Crippen LogP contribution in [0.15, 0.2) is 49.2 Å². The quantitative estimate of drug-likeness (QED) is 0.119. The number of aromatic nitrogens is 2. The van der Waals surface area contributed by atoms with E-state index in [9.17, 15) is 4.79 Å². The van der Waals surface area contributed by atoms with Crippen LogP contribution in [0.4, 0.5) is 17.3 Å². The minimum atomic E-state index is -0.106. The van der Waals surface area contributed by atoms with Crippen molar-refractivity contribution in [1.82, 2.24) is 25.1 Å². The number of amides is 1. The van der Waals surface area contributed by atoms with Crippen LogP contribution in [0.2, 0.25) is 0 Å². The molecule has 1 amide bonds. The van der Waals surface area contributed by atoms with Gasteiger partial charge in [-0.2, -0.15) is 0 Å². The zero-order valence-corrected chi connectivity index (χ0v) is 29.5. The predicted molar refractivity (Wildman–Crippen MR) is 197 cm³/mol. The molecule has 252 valence electrons. The minimum Gasteiger partial charge on any atom is -0.376 e. The van der Waals surface area contributed by atoms with Crippen LogP contribution < -0.4 is 21.7 Å². The lowest BCUT2D eigenvalue weighted by Crippen LogP contribution is -2.34. The number of allylic oxidation sites excluding steroid dienone is 1. The molecule has 1 fully saturated rings. The first-order valence-corrected chi connectivity index (χ1v) is 16.2. The van der Waals surface area contributed by atoms with E-state index in [0.29, 0.717) is 18.4 Å². The van der Waals surface area contributed by atoms with Crippen molar-refractivity contribution >= 4 is 29.8 Å². The monoisotopic (exact) mass is 630 g/mol. The van der Waals surface area contributed by atoms with Gasteiger partial charge in [0.1, 0.15) is 11.5 Å². The van der Waals surface area contributed by atoms with Crippen LogP contribution in [-0.2, 0) is 11.2 Å². The highest BCUT2D eigenvalue weighted by Gasteiger charge is 2.18. The molecule has 1 aromatic carbocycles. The van der Waals surface area contributed by atoms with Gasteiger partial charge >= 0.3 is 0 Å². The highest BCUT2D eigenvalue weighted by Crippen LogP contribution is 2.27. The van der Waals surface area contributed by atoms with E-state index in [0.717, 1.165) is 59.1 Å². The van der Waals surface area contributed by atoms with Gasteiger partial charge in [0, 0.05) is 36.6 Å². The minimum absolute atomic E-state index is 0.106. The smallest absolute Gasteiger partial charge is 0.210 e. The Morgan fingerprint density at radius 3 is 2.39 bits per heavy atom. The van der Waals surface area contributed by atoms with Crippen LogP contribution >= 0.6 is 0 Å². The van der Waals surface area contributed by atoms with E-state index in [-0.39, 0.29) is 6.04 Å². The van der Waals surface area contributed by atoms with Gasteiger partial charge < -0.3 is 31.5 Å². The summed E-state index contributed by atoms with van der Waals surface area (Å²) < 4.78 is 0. The molecule has 2 aromatic rings. The molecule has 1 aliphatic rings. The number of hydrogen-bond acceptors (Lipinski definition) is 8. The zero-order valence-electron chi connectivity index (χ0n) is 29.5. The molecule has 0 unspecified atom stereocenters. The maximum Gasteiger partial charge on any atom is 0.210 e. The van der Waals surface area contributed by atoms with Gasteiger partial charge in [0.25, 0.3) is 0 Å². The van der Waals surface area contributed by atoms with E-state index < -0.39 is 0 Å². The summed E-state index contributed by atoms with van der Waals surface area (Å²) in [5, 5.41) is 10.3. The molecule has 9 heteroatoms. The Morgan fingerprint density at radius 1 is 1.13 bits per heavy atom.